The zero-order chi connectivity index (χ0) is 14.9. The number of aromatic hydroxyl groups is 1. The molecule has 1 atom stereocenters. The Kier molecular flexibility index (Phi) is 3.30. The smallest absolute Gasteiger partial charge is 0.375 e. The van der Waals surface area contributed by atoms with Gasteiger partial charge in [-0.2, -0.15) is 0 Å². The van der Waals surface area contributed by atoms with Crippen molar-refractivity contribution in [2.75, 3.05) is 0 Å². The summed E-state index contributed by atoms with van der Waals surface area (Å²) in [4.78, 5) is 10.8. The maximum Gasteiger partial charge on any atom is 0.375 e. The van der Waals surface area contributed by atoms with Crippen molar-refractivity contribution < 1.29 is 39.8 Å². The largest absolute Gasteiger partial charge is 0.504 e. The van der Waals surface area contributed by atoms with Crippen LogP contribution in [0.5, 0.6) is 11.5 Å². The van der Waals surface area contributed by atoms with Gasteiger partial charge in [0.05, 0.1) is 0 Å². The van der Waals surface area contributed by atoms with E-state index in [4.69, 9.17) is 14.6 Å². The van der Waals surface area contributed by atoms with Gasteiger partial charge in [0.25, 0.3) is 5.76 Å². The lowest BCUT2D eigenvalue weighted by Crippen LogP contribution is -2.31. The van der Waals surface area contributed by atoms with Crippen molar-refractivity contribution in [1.82, 2.24) is 0 Å². The molecular weight excluding hydrogens is 272 g/mol. The first-order valence-corrected chi connectivity index (χ1v) is 5.32. The number of carbonyl (C=O) groups is 1. The molecule has 8 heteroatoms. The summed E-state index contributed by atoms with van der Waals surface area (Å²) in [5.74, 6) is -6.15. The fourth-order valence-electron chi connectivity index (χ4n) is 1.46. The number of rotatable bonds is 3. The topological polar surface area (TPSA) is 137 Å². The number of aliphatic carboxylic acids is 1. The summed E-state index contributed by atoms with van der Waals surface area (Å²) in [5, 5.41) is 46.6. The summed E-state index contributed by atoms with van der Waals surface area (Å²) in [6.45, 7) is 0. The van der Waals surface area contributed by atoms with Gasteiger partial charge >= 0.3 is 12.3 Å². The van der Waals surface area contributed by atoms with Crippen molar-refractivity contribution in [3.05, 3.63) is 47.3 Å². The van der Waals surface area contributed by atoms with Crippen LogP contribution < -0.4 is 4.74 Å². The van der Waals surface area contributed by atoms with E-state index in [2.05, 4.69) is 0 Å². The molecule has 0 aromatic heterocycles. The monoisotopic (exact) mass is 282 g/mol. The van der Waals surface area contributed by atoms with Crippen LogP contribution in [0, 0.1) is 0 Å². The van der Waals surface area contributed by atoms with Crippen LogP contribution in [0.15, 0.2) is 47.3 Å². The predicted molar refractivity (Wildman–Crippen MR) is 63.2 cm³/mol. The molecule has 0 saturated carbocycles. The number of aliphatic hydroxyl groups is 3. The maximum absolute atomic E-state index is 10.8. The van der Waals surface area contributed by atoms with Gasteiger partial charge in [0.2, 0.25) is 17.3 Å². The second kappa shape index (κ2) is 4.92. The molecule has 1 aliphatic rings. The first-order chi connectivity index (χ1) is 9.41. The predicted octanol–water partition coefficient (Wildman–Crippen LogP) is 1.31. The quantitative estimate of drug-likeness (QED) is 0.559. The van der Waals surface area contributed by atoms with Crippen LogP contribution in [0.2, 0.25) is 0 Å². The molecule has 0 spiro atoms. The van der Waals surface area contributed by atoms with Gasteiger partial charge in [-0.3, -0.25) is 0 Å². The molecular formula is C12H10O8. The third-order valence-corrected chi connectivity index (χ3v) is 2.42. The van der Waals surface area contributed by atoms with Crippen LogP contribution in [-0.2, 0) is 9.53 Å². The number of aliphatic hydroxyl groups excluding tert-OH is 3. The molecule has 0 amide bonds. The molecule has 1 aromatic carbocycles. The lowest BCUT2D eigenvalue weighted by molar-refractivity contribution is -0.143. The molecule has 0 radical (unpaired) electrons. The number of hydrogen-bond acceptors (Lipinski definition) is 7. The summed E-state index contributed by atoms with van der Waals surface area (Å²) in [6.07, 6.45) is -1.72. The van der Waals surface area contributed by atoms with Gasteiger partial charge in [-0.1, -0.05) is 12.1 Å². The standard InChI is InChI=1S/C12H10O8/c13-5-3-1-2-4-6(5)19-12-9(16)7(14)8(15)10(20-12)11(17)18/h1-4,12-16H,(H,17,18). The second-order valence-electron chi connectivity index (χ2n) is 3.75. The molecule has 1 heterocycles. The normalized spacial score (nSPS) is 18.7. The Morgan fingerprint density at radius 1 is 1.10 bits per heavy atom. The van der Waals surface area contributed by atoms with E-state index in [9.17, 15) is 25.2 Å². The zero-order valence-corrected chi connectivity index (χ0v) is 9.85. The highest BCUT2D eigenvalue weighted by Gasteiger charge is 2.36. The lowest BCUT2D eigenvalue weighted by atomic mass is 10.2. The van der Waals surface area contributed by atoms with Crippen molar-refractivity contribution in [3.63, 3.8) is 0 Å². The molecule has 8 nitrogen and oxygen atoms in total. The van der Waals surface area contributed by atoms with Crippen LogP contribution in [0.3, 0.4) is 0 Å². The Labute approximate surface area is 112 Å². The number of benzene rings is 1. The molecule has 0 bridgehead atoms. The Balaban J connectivity index is 2.32. The molecule has 0 aliphatic carbocycles. The maximum atomic E-state index is 10.8. The lowest BCUT2D eigenvalue weighted by Gasteiger charge is -2.24. The first-order valence-electron chi connectivity index (χ1n) is 5.32. The van der Waals surface area contributed by atoms with Crippen LogP contribution in [0.25, 0.3) is 0 Å². The van der Waals surface area contributed by atoms with Crippen LogP contribution in [0.1, 0.15) is 0 Å². The average molecular weight is 282 g/mol. The number of phenols is 1. The van der Waals surface area contributed by atoms with Gasteiger partial charge in [0.15, 0.2) is 11.5 Å². The van der Waals surface area contributed by atoms with Crippen molar-refractivity contribution in [2.45, 2.75) is 6.29 Å². The second-order valence-corrected chi connectivity index (χ2v) is 3.75. The Morgan fingerprint density at radius 3 is 2.35 bits per heavy atom. The Bertz CT molecular complexity index is 616. The highest BCUT2D eigenvalue weighted by Crippen LogP contribution is 2.31. The minimum atomic E-state index is -1.72. The summed E-state index contributed by atoms with van der Waals surface area (Å²) in [7, 11) is 0. The van der Waals surface area contributed by atoms with E-state index in [1.54, 1.807) is 0 Å². The summed E-state index contributed by atoms with van der Waals surface area (Å²) < 4.78 is 9.78. The summed E-state index contributed by atoms with van der Waals surface area (Å²) in [6, 6.07) is 5.67. The van der Waals surface area contributed by atoms with E-state index in [-0.39, 0.29) is 11.5 Å². The number of carboxylic acids is 1. The first kappa shape index (κ1) is 13.4. The molecule has 2 rings (SSSR count). The van der Waals surface area contributed by atoms with E-state index >= 15 is 0 Å². The van der Waals surface area contributed by atoms with Crippen LogP contribution >= 0.6 is 0 Å². The molecule has 1 aromatic rings. The average Bonchev–Trinajstić information content (AvgIpc) is 2.41. The third kappa shape index (κ3) is 2.26. The number of para-hydroxylation sites is 2. The summed E-state index contributed by atoms with van der Waals surface area (Å²) in [5.41, 5.74) is 0. The van der Waals surface area contributed by atoms with E-state index < -0.39 is 35.3 Å². The highest BCUT2D eigenvalue weighted by atomic mass is 16.7. The number of ether oxygens (including phenoxy) is 2. The van der Waals surface area contributed by atoms with E-state index in [0.717, 1.165) is 0 Å². The van der Waals surface area contributed by atoms with Gasteiger partial charge in [-0.25, -0.2) is 4.79 Å². The van der Waals surface area contributed by atoms with Gasteiger partial charge in [-0.05, 0) is 12.1 Å². The minimum Gasteiger partial charge on any atom is -0.504 e. The Hall–Kier alpha value is -3.03. The molecule has 106 valence electrons. The number of hydrogen-bond donors (Lipinski definition) is 5. The van der Waals surface area contributed by atoms with Crippen molar-refractivity contribution in [3.8, 4) is 11.5 Å². The van der Waals surface area contributed by atoms with Crippen molar-refractivity contribution in [1.29, 1.82) is 0 Å². The van der Waals surface area contributed by atoms with E-state index in [0.29, 0.717) is 0 Å². The zero-order valence-electron chi connectivity index (χ0n) is 9.85. The fourth-order valence-corrected chi connectivity index (χ4v) is 1.46. The van der Waals surface area contributed by atoms with Crippen LogP contribution in [-0.4, -0.2) is 37.8 Å². The van der Waals surface area contributed by atoms with E-state index in [1.807, 2.05) is 0 Å². The minimum absolute atomic E-state index is 0.108. The molecule has 0 fully saturated rings. The van der Waals surface area contributed by atoms with Crippen molar-refractivity contribution >= 4 is 5.97 Å². The molecule has 0 saturated heterocycles. The van der Waals surface area contributed by atoms with Gasteiger partial charge < -0.3 is 35.0 Å². The van der Waals surface area contributed by atoms with Gasteiger partial charge in [0.1, 0.15) is 0 Å². The highest BCUT2D eigenvalue weighted by molar-refractivity contribution is 5.86. The summed E-state index contributed by atoms with van der Waals surface area (Å²) >= 11 is 0. The third-order valence-electron chi connectivity index (χ3n) is 2.42. The van der Waals surface area contributed by atoms with Crippen LogP contribution in [0.4, 0.5) is 0 Å². The van der Waals surface area contributed by atoms with Gasteiger partial charge in [-0.15, -0.1) is 0 Å². The molecule has 5 N–H and O–H groups in total. The molecule has 20 heavy (non-hydrogen) atoms. The van der Waals surface area contributed by atoms with Gasteiger partial charge in [0, 0.05) is 0 Å². The number of carboxylic acid groups (broad SMARTS) is 1. The van der Waals surface area contributed by atoms with Crippen molar-refractivity contribution in [2.24, 2.45) is 0 Å². The number of phenolic OH excluding ortho intramolecular Hbond substituents is 1. The molecule has 1 aliphatic heterocycles. The fraction of sp³-hybridized carbons (Fsp3) is 0.0833. The molecule has 1 unspecified atom stereocenters. The van der Waals surface area contributed by atoms with E-state index in [1.165, 1.54) is 24.3 Å². The Morgan fingerprint density at radius 2 is 1.75 bits per heavy atom. The SMILES string of the molecule is O=C(O)C1=C(O)C(O)=C(O)C(Oc2ccccc2O)O1.